The van der Waals surface area contributed by atoms with E-state index >= 15 is 0 Å². The Morgan fingerprint density at radius 3 is 2.75 bits per heavy atom. The first-order valence-electron chi connectivity index (χ1n) is 9.72. The number of hydrogen-bond acceptors (Lipinski definition) is 7. The average molecular weight is 385 g/mol. The van der Waals surface area contributed by atoms with Crippen molar-refractivity contribution in [3.63, 3.8) is 0 Å². The Balaban J connectivity index is 1.26. The third-order valence-corrected chi connectivity index (χ3v) is 5.53. The van der Waals surface area contributed by atoms with Crippen LogP contribution in [0.3, 0.4) is 0 Å². The lowest BCUT2D eigenvalue weighted by atomic mass is 10.0. The molecular formula is C19H23N5O4. The number of urea groups is 1. The second kappa shape index (κ2) is 7.40. The maximum absolute atomic E-state index is 12.9. The van der Waals surface area contributed by atoms with Crippen LogP contribution in [0, 0.1) is 0 Å². The molecule has 3 saturated heterocycles. The van der Waals surface area contributed by atoms with Gasteiger partial charge in [0.25, 0.3) is 0 Å². The quantitative estimate of drug-likeness (QED) is 0.778. The molecule has 4 heterocycles. The average Bonchev–Trinajstić information content (AvgIpc) is 3.33. The second-order valence-electron chi connectivity index (χ2n) is 7.29. The van der Waals surface area contributed by atoms with Gasteiger partial charge >= 0.3 is 12.0 Å². The predicted octanol–water partition coefficient (Wildman–Crippen LogP) is 1.98. The molecule has 148 valence electrons. The van der Waals surface area contributed by atoms with Crippen LogP contribution >= 0.6 is 0 Å². The number of morpholine rings is 1. The van der Waals surface area contributed by atoms with Crippen molar-refractivity contribution in [3.05, 3.63) is 41.8 Å². The molecule has 0 spiro atoms. The van der Waals surface area contributed by atoms with Crippen LogP contribution in [0.2, 0.25) is 0 Å². The number of hydroxylamine groups is 2. The summed E-state index contributed by atoms with van der Waals surface area (Å²) in [7, 11) is 0. The van der Waals surface area contributed by atoms with Gasteiger partial charge in [-0.05, 0) is 18.4 Å². The van der Waals surface area contributed by atoms with Crippen LogP contribution in [0.4, 0.5) is 10.8 Å². The van der Waals surface area contributed by atoms with Gasteiger partial charge < -0.3 is 19.0 Å². The van der Waals surface area contributed by atoms with Crippen LogP contribution in [-0.4, -0.2) is 65.1 Å². The van der Waals surface area contributed by atoms with E-state index in [4.69, 9.17) is 14.0 Å². The molecule has 9 heteroatoms. The van der Waals surface area contributed by atoms with E-state index in [1.165, 1.54) is 5.06 Å². The normalized spacial score (nSPS) is 24.9. The maximum atomic E-state index is 12.9. The topological polar surface area (TPSA) is 84.2 Å². The number of rotatable bonds is 5. The van der Waals surface area contributed by atoms with E-state index in [9.17, 15) is 4.79 Å². The Morgan fingerprint density at radius 1 is 1.11 bits per heavy atom. The van der Waals surface area contributed by atoms with E-state index in [0.717, 1.165) is 31.5 Å². The summed E-state index contributed by atoms with van der Waals surface area (Å²) in [4.78, 5) is 22.6. The first-order valence-corrected chi connectivity index (χ1v) is 9.72. The first kappa shape index (κ1) is 17.4. The van der Waals surface area contributed by atoms with Crippen molar-refractivity contribution in [1.82, 2.24) is 20.2 Å². The lowest BCUT2D eigenvalue weighted by Crippen LogP contribution is -2.36. The summed E-state index contributed by atoms with van der Waals surface area (Å²) in [5.41, 5.74) is 1.04. The number of aromatic nitrogens is 2. The van der Waals surface area contributed by atoms with Crippen molar-refractivity contribution < 1.29 is 18.8 Å². The Bertz CT molecular complexity index is 823. The molecule has 28 heavy (non-hydrogen) atoms. The molecule has 2 bridgehead atoms. The first-order chi connectivity index (χ1) is 13.8. The molecule has 9 nitrogen and oxygen atoms in total. The highest BCUT2D eigenvalue weighted by molar-refractivity contribution is 5.77. The van der Waals surface area contributed by atoms with E-state index in [-0.39, 0.29) is 18.1 Å². The summed E-state index contributed by atoms with van der Waals surface area (Å²) in [6, 6.07) is 10.1. The largest absolute Gasteiger partial charge is 0.406 e. The number of carbonyl (C=O) groups is 1. The number of benzene rings is 1. The molecule has 0 unspecified atom stereocenters. The third-order valence-electron chi connectivity index (χ3n) is 5.53. The third kappa shape index (κ3) is 3.20. The van der Waals surface area contributed by atoms with Crippen molar-refractivity contribution in [2.75, 3.05) is 37.7 Å². The molecule has 2 atom stereocenters. The van der Waals surface area contributed by atoms with E-state index in [1.54, 1.807) is 4.90 Å². The summed E-state index contributed by atoms with van der Waals surface area (Å²) < 4.78 is 11.3. The molecule has 5 rings (SSSR count). The minimum absolute atomic E-state index is 0.0640. The molecule has 3 fully saturated rings. The van der Waals surface area contributed by atoms with Crippen molar-refractivity contribution in [2.24, 2.45) is 0 Å². The standard InChI is InChI=1S/C19H23N5O4/c25-19-23-12-15(24(19)27-13-14-4-2-1-3-5-14)6-7-16(23)17-20-21-18(28-17)22-8-10-26-11-9-22/h1-5,15-16H,6-13H2/t15-,16+/m1/s1. The van der Waals surface area contributed by atoms with Gasteiger partial charge in [-0.15, -0.1) is 5.10 Å². The number of hydrogen-bond donors (Lipinski definition) is 0. The van der Waals surface area contributed by atoms with Crippen LogP contribution in [0.1, 0.15) is 30.3 Å². The molecule has 0 saturated carbocycles. The van der Waals surface area contributed by atoms with Crippen LogP contribution < -0.4 is 4.90 Å². The lowest BCUT2D eigenvalue weighted by Gasteiger charge is -2.28. The number of carbonyl (C=O) groups excluding carboxylic acids is 1. The number of ether oxygens (including phenoxy) is 1. The van der Waals surface area contributed by atoms with Gasteiger partial charge in [-0.3, -0.25) is 4.84 Å². The van der Waals surface area contributed by atoms with Gasteiger partial charge in [0.15, 0.2) is 0 Å². The zero-order valence-electron chi connectivity index (χ0n) is 15.6. The van der Waals surface area contributed by atoms with Crippen LogP contribution in [0.5, 0.6) is 0 Å². The fourth-order valence-electron chi connectivity index (χ4n) is 4.02. The molecule has 0 radical (unpaired) electrons. The second-order valence-corrected chi connectivity index (χ2v) is 7.29. The Hall–Kier alpha value is -2.65. The van der Waals surface area contributed by atoms with Gasteiger partial charge in [0, 0.05) is 19.6 Å². The Morgan fingerprint density at radius 2 is 1.93 bits per heavy atom. The number of nitrogens with zero attached hydrogens (tertiary/aromatic N) is 5. The van der Waals surface area contributed by atoms with E-state index in [2.05, 4.69) is 10.2 Å². The fraction of sp³-hybridized carbons (Fsp3) is 0.526. The van der Waals surface area contributed by atoms with Crippen LogP contribution in [0.25, 0.3) is 0 Å². The minimum Gasteiger partial charge on any atom is -0.406 e. The number of piperidine rings is 1. The molecule has 2 amide bonds. The molecule has 0 aliphatic carbocycles. The van der Waals surface area contributed by atoms with Crippen molar-refractivity contribution >= 4 is 12.0 Å². The van der Waals surface area contributed by atoms with Crippen molar-refractivity contribution in [3.8, 4) is 0 Å². The molecule has 3 aliphatic heterocycles. The highest BCUT2D eigenvalue weighted by Crippen LogP contribution is 2.38. The molecular weight excluding hydrogens is 362 g/mol. The van der Waals surface area contributed by atoms with Gasteiger partial charge in [0.2, 0.25) is 5.89 Å². The summed E-state index contributed by atoms with van der Waals surface area (Å²) in [5.74, 6) is 0.498. The van der Waals surface area contributed by atoms with Gasteiger partial charge in [-0.25, -0.2) is 4.79 Å². The maximum Gasteiger partial charge on any atom is 0.345 e. The SMILES string of the molecule is O=C1N2C[C@@H](CC[C@H]2c2nnc(N3CCOCC3)o2)N1OCc1ccccc1. The summed E-state index contributed by atoms with van der Waals surface area (Å²) in [6.07, 6.45) is 1.63. The molecule has 1 aromatic carbocycles. The lowest BCUT2D eigenvalue weighted by molar-refractivity contribution is -0.140. The smallest absolute Gasteiger partial charge is 0.345 e. The Labute approximate surface area is 162 Å². The van der Waals surface area contributed by atoms with E-state index < -0.39 is 0 Å². The Kier molecular flexibility index (Phi) is 4.61. The molecule has 1 aromatic heterocycles. The monoisotopic (exact) mass is 385 g/mol. The summed E-state index contributed by atoms with van der Waals surface area (Å²) in [5, 5.41) is 9.94. The van der Waals surface area contributed by atoms with Gasteiger partial charge in [-0.1, -0.05) is 35.4 Å². The number of fused-ring (bicyclic) bond motifs is 2. The predicted molar refractivity (Wildman–Crippen MR) is 98.3 cm³/mol. The zero-order valence-corrected chi connectivity index (χ0v) is 15.6. The number of amides is 2. The van der Waals surface area contributed by atoms with Crippen molar-refractivity contribution in [1.29, 1.82) is 0 Å². The zero-order chi connectivity index (χ0) is 18.9. The highest BCUT2D eigenvalue weighted by Gasteiger charge is 2.47. The van der Waals surface area contributed by atoms with Crippen molar-refractivity contribution in [2.45, 2.75) is 31.5 Å². The van der Waals surface area contributed by atoms with Gasteiger partial charge in [-0.2, -0.15) is 5.06 Å². The van der Waals surface area contributed by atoms with E-state index in [0.29, 0.717) is 38.3 Å². The summed E-state index contributed by atoms with van der Waals surface area (Å²) in [6.45, 7) is 3.77. The molecule has 0 N–H and O–H groups in total. The van der Waals surface area contributed by atoms with Gasteiger partial charge in [0.05, 0.1) is 19.3 Å². The van der Waals surface area contributed by atoms with Crippen LogP contribution in [-0.2, 0) is 16.2 Å². The van der Waals surface area contributed by atoms with Crippen LogP contribution in [0.15, 0.2) is 34.7 Å². The highest BCUT2D eigenvalue weighted by atomic mass is 16.7. The van der Waals surface area contributed by atoms with E-state index in [1.807, 2.05) is 35.2 Å². The fourth-order valence-corrected chi connectivity index (χ4v) is 4.02. The minimum atomic E-state index is -0.198. The molecule has 2 aromatic rings. The number of anilines is 1. The summed E-state index contributed by atoms with van der Waals surface area (Å²) >= 11 is 0. The van der Waals surface area contributed by atoms with Gasteiger partial charge in [0.1, 0.15) is 12.6 Å². The molecule has 3 aliphatic rings.